The average Bonchev–Trinajstić information content (AvgIpc) is 2.26. The Morgan fingerprint density at radius 3 is 2.53 bits per heavy atom. The van der Waals surface area contributed by atoms with Crippen molar-refractivity contribution < 1.29 is 0 Å². The molecule has 1 nitrogen and oxygen atoms in total. The van der Waals surface area contributed by atoms with E-state index in [0.717, 1.165) is 18.9 Å². The molecule has 0 fully saturated rings. The summed E-state index contributed by atoms with van der Waals surface area (Å²) in [5.74, 6) is 0.800. The zero-order valence-electron chi connectivity index (χ0n) is 11.8. The molecule has 1 heteroatoms. The first-order chi connectivity index (χ1) is 8.11. The van der Waals surface area contributed by atoms with E-state index in [9.17, 15) is 0 Å². The van der Waals surface area contributed by atoms with Crippen LogP contribution >= 0.6 is 0 Å². The molecule has 17 heavy (non-hydrogen) atoms. The summed E-state index contributed by atoms with van der Waals surface area (Å²) >= 11 is 0. The number of aryl methyl sites for hydroxylation is 1. The topological polar surface area (TPSA) is 12.0 Å². The second-order valence-corrected chi connectivity index (χ2v) is 5.42. The summed E-state index contributed by atoms with van der Waals surface area (Å²) in [6.07, 6.45) is 3.74. The van der Waals surface area contributed by atoms with Crippen LogP contribution in [0.1, 0.15) is 44.7 Å². The van der Waals surface area contributed by atoms with Crippen LogP contribution in [0.3, 0.4) is 0 Å². The molecule has 1 unspecified atom stereocenters. The molecule has 0 aliphatic carbocycles. The fourth-order valence-corrected chi connectivity index (χ4v) is 2.22. The number of benzene rings is 1. The summed E-state index contributed by atoms with van der Waals surface area (Å²) in [6.45, 7) is 10.0. The van der Waals surface area contributed by atoms with Crippen molar-refractivity contribution in [2.45, 2.75) is 53.0 Å². The predicted octanol–water partition coefficient (Wildman–Crippen LogP) is 3.95. The molecule has 0 radical (unpaired) electrons. The Kier molecular flexibility index (Phi) is 6.28. The van der Waals surface area contributed by atoms with Crippen molar-refractivity contribution in [1.29, 1.82) is 0 Å². The third-order valence-electron chi connectivity index (χ3n) is 3.15. The van der Waals surface area contributed by atoms with Crippen molar-refractivity contribution in [2.24, 2.45) is 5.92 Å². The van der Waals surface area contributed by atoms with Gasteiger partial charge in [0.05, 0.1) is 0 Å². The maximum absolute atomic E-state index is 3.61. The van der Waals surface area contributed by atoms with E-state index in [-0.39, 0.29) is 0 Å². The van der Waals surface area contributed by atoms with Gasteiger partial charge in [-0.3, -0.25) is 0 Å². The zero-order chi connectivity index (χ0) is 12.7. The number of hydrogen-bond acceptors (Lipinski definition) is 1. The maximum atomic E-state index is 3.61. The SMILES string of the molecule is CCNC(CCC(C)C)Cc1cccc(C)c1. The summed E-state index contributed by atoms with van der Waals surface area (Å²) in [7, 11) is 0. The van der Waals surface area contributed by atoms with E-state index in [1.165, 1.54) is 24.0 Å². The van der Waals surface area contributed by atoms with Gasteiger partial charge in [-0.05, 0) is 44.2 Å². The quantitative estimate of drug-likeness (QED) is 0.752. The minimum atomic E-state index is 0.629. The molecule has 96 valence electrons. The van der Waals surface area contributed by atoms with Gasteiger partial charge in [-0.1, -0.05) is 50.6 Å². The molecule has 1 N–H and O–H groups in total. The van der Waals surface area contributed by atoms with Gasteiger partial charge in [0.25, 0.3) is 0 Å². The molecule has 0 bridgehead atoms. The van der Waals surface area contributed by atoms with Crippen molar-refractivity contribution in [1.82, 2.24) is 5.32 Å². The number of hydrogen-bond donors (Lipinski definition) is 1. The van der Waals surface area contributed by atoms with Crippen LogP contribution in [0, 0.1) is 12.8 Å². The summed E-state index contributed by atoms with van der Waals surface area (Å²) in [5.41, 5.74) is 2.82. The van der Waals surface area contributed by atoms with Crippen LogP contribution in [-0.4, -0.2) is 12.6 Å². The molecule has 1 aromatic rings. The van der Waals surface area contributed by atoms with E-state index in [1.54, 1.807) is 0 Å². The van der Waals surface area contributed by atoms with Gasteiger partial charge < -0.3 is 5.32 Å². The standard InChI is InChI=1S/C16H27N/c1-5-17-16(10-9-13(2)3)12-15-8-6-7-14(4)11-15/h6-8,11,13,16-17H,5,9-10,12H2,1-4H3. The minimum absolute atomic E-state index is 0.629. The van der Waals surface area contributed by atoms with Gasteiger partial charge in [0.15, 0.2) is 0 Å². The van der Waals surface area contributed by atoms with Crippen molar-refractivity contribution in [2.75, 3.05) is 6.54 Å². The van der Waals surface area contributed by atoms with Gasteiger partial charge in [0, 0.05) is 6.04 Å². The molecule has 1 atom stereocenters. The first kappa shape index (κ1) is 14.2. The summed E-state index contributed by atoms with van der Waals surface area (Å²) < 4.78 is 0. The zero-order valence-corrected chi connectivity index (χ0v) is 11.8. The van der Waals surface area contributed by atoms with E-state index in [0.29, 0.717) is 6.04 Å². The van der Waals surface area contributed by atoms with Crippen molar-refractivity contribution in [3.63, 3.8) is 0 Å². The van der Waals surface area contributed by atoms with Gasteiger partial charge in [-0.2, -0.15) is 0 Å². The summed E-state index contributed by atoms with van der Waals surface area (Å²) in [4.78, 5) is 0. The minimum Gasteiger partial charge on any atom is -0.314 e. The molecular weight excluding hydrogens is 206 g/mol. The average molecular weight is 233 g/mol. The van der Waals surface area contributed by atoms with E-state index in [4.69, 9.17) is 0 Å². The molecule has 0 amide bonds. The van der Waals surface area contributed by atoms with E-state index < -0.39 is 0 Å². The second-order valence-electron chi connectivity index (χ2n) is 5.42. The Morgan fingerprint density at radius 2 is 1.94 bits per heavy atom. The highest BCUT2D eigenvalue weighted by Gasteiger charge is 2.09. The molecule has 0 aliphatic rings. The molecule has 1 aromatic carbocycles. The molecule has 0 saturated heterocycles. The third-order valence-corrected chi connectivity index (χ3v) is 3.15. The molecule has 1 rings (SSSR count). The van der Waals surface area contributed by atoms with E-state index in [1.807, 2.05) is 0 Å². The number of likely N-dealkylation sites (N-methyl/N-ethyl adjacent to an activating group) is 1. The van der Waals surface area contributed by atoms with Crippen LogP contribution in [0.4, 0.5) is 0 Å². The van der Waals surface area contributed by atoms with Crippen molar-refractivity contribution in [3.05, 3.63) is 35.4 Å². The van der Waals surface area contributed by atoms with Crippen LogP contribution in [0.5, 0.6) is 0 Å². The Bertz CT molecular complexity index is 317. The van der Waals surface area contributed by atoms with E-state index >= 15 is 0 Å². The fraction of sp³-hybridized carbons (Fsp3) is 0.625. The predicted molar refractivity (Wildman–Crippen MR) is 76.4 cm³/mol. The smallest absolute Gasteiger partial charge is 0.0107 e. The normalized spacial score (nSPS) is 13.0. The van der Waals surface area contributed by atoms with Crippen LogP contribution in [-0.2, 0) is 6.42 Å². The van der Waals surface area contributed by atoms with Crippen molar-refractivity contribution in [3.8, 4) is 0 Å². The highest BCUT2D eigenvalue weighted by atomic mass is 14.9. The van der Waals surface area contributed by atoms with Crippen LogP contribution in [0.15, 0.2) is 24.3 Å². The lowest BCUT2D eigenvalue weighted by molar-refractivity contribution is 0.434. The Hall–Kier alpha value is -0.820. The Morgan fingerprint density at radius 1 is 1.18 bits per heavy atom. The summed E-state index contributed by atoms with van der Waals surface area (Å²) in [6, 6.07) is 9.51. The van der Waals surface area contributed by atoms with Gasteiger partial charge in [-0.25, -0.2) is 0 Å². The lowest BCUT2D eigenvalue weighted by Crippen LogP contribution is -2.31. The number of rotatable bonds is 7. The first-order valence-electron chi connectivity index (χ1n) is 6.90. The first-order valence-corrected chi connectivity index (χ1v) is 6.90. The number of nitrogens with one attached hydrogen (secondary N) is 1. The van der Waals surface area contributed by atoms with Gasteiger partial charge >= 0.3 is 0 Å². The largest absolute Gasteiger partial charge is 0.314 e. The fourth-order valence-electron chi connectivity index (χ4n) is 2.22. The monoisotopic (exact) mass is 233 g/mol. The Balaban J connectivity index is 2.53. The molecule has 0 aromatic heterocycles. The van der Waals surface area contributed by atoms with Crippen LogP contribution < -0.4 is 5.32 Å². The molecule has 0 spiro atoms. The van der Waals surface area contributed by atoms with Crippen LogP contribution in [0.2, 0.25) is 0 Å². The maximum Gasteiger partial charge on any atom is 0.0107 e. The molecule has 0 saturated carbocycles. The Labute approximate surface area is 107 Å². The lowest BCUT2D eigenvalue weighted by Gasteiger charge is -2.19. The molecule has 0 heterocycles. The van der Waals surface area contributed by atoms with Crippen LogP contribution in [0.25, 0.3) is 0 Å². The van der Waals surface area contributed by atoms with E-state index in [2.05, 4.69) is 57.3 Å². The molecular formula is C16H27N. The molecule has 0 aliphatic heterocycles. The van der Waals surface area contributed by atoms with Gasteiger partial charge in [0.1, 0.15) is 0 Å². The van der Waals surface area contributed by atoms with Gasteiger partial charge in [-0.15, -0.1) is 0 Å². The van der Waals surface area contributed by atoms with Crippen molar-refractivity contribution >= 4 is 0 Å². The second kappa shape index (κ2) is 7.50. The highest BCUT2D eigenvalue weighted by molar-refractivity contribution is 5.22. The third kappa shape index (κ3) is 5.88. The lowest BCUT2D eigenvalue weighted by atomic mass is 9.97. The highest BCUT2D eigenvalue weighted by Crippen LogP contribution is 2.12. The van der Waals surface area contributed by atoms with Gasteiger partial charge in [0.2, 0.25) is 0 Å². The summed E-state index contributed by atoms with van der Waals surface area (Å²) in [5, 5.41) is 3.61.